The van der Waals surface area contributed by atoms with E-state index in [0.29, 0.717) is 5.41 Å². The van der Waals surface area contributed by atoms with Crippen LogP contribution in [0.3, 0.4) is 0 Å². The summed E-state index contributed by atoms with van der Waals surface area (Å²) in [6.45, 7) is 7.68. The van der Waals surface area contributed by atoms with Gasteiger partial charge in [0.2, 0.25) is 0 Å². The van der Waals surface area contributed by atoms with E-state index in [-0.39, 0.29) is 0 Å². The fraction of sp³-hybridized carbons (Fsp3) is 0.750. The maximum atomic E-state index is 5.14. The second-order valence-electron chi connectivity index (χ2n) is 3.51. The molecule has 0 aromatic carbocycles. The predicted molar refractivity (Wildman–Crippen MR) is 39.1 cm³/mol. The number of hydrogen-bond acceptors (Lipinski definition) is 1. The highest BCUT2D eigenvalue weighted by Crippen LogP contribution is 2.27. The summed E-state index contributed by atoms with van der Waals surface area (Å²) in [4.78, 5) is 2.28. The number of rotatable bonds is 1. The standard InChI is InChI=1S/C8H13N/c1-4-5-9-6-8(2,3)7-9/h1H,5-7H2,2-3H3. The molecule has 0 aromatic rings. The number of hydrogen-bond donors (Lipinski definition) is 0. The summed E-state index contributed by atoms with van der Waals surface area (Å²) in [5, 5.41) is 0. The molecule has 0 amide bonds. The normalized spacial score (nSPS) is 24.6. The van der Waals surface area contributed by atoms with Crippen LogP contribution in [0.4, 0.5) is 0 Å². The third-order valence-electron chi connectivity index (χ3n) is 1.62. The van der Waals surface area contributed by atoms with Crippen LogP contribution in [0.1, 0.15) is 13.8 Å². The summed E-state index contributed by atoms with van der Waals surface area (Å²) in [6.07, 6.45) is 5.14. The monoisotopic (exact) mass is 123 g/mol. The van der Waals surface area contributed by atoms with Crippen molar-refractivity contribution in [1.29, 1.82) is 0 Å². The summed E-state index contributed by atoms with van der Waals surface area (Å²) >= 11 is 0. The van der Waals surface area contributed by atoms with Gasteiger partial charge < -0.3 is 0 Å². The zero-order valence-corrected chi connectivity index (χ0v) is 6.15. The molecule has 0 N–H and O–H groups in total. The van der Waals surface area contributed by atoms with E-state index >= 15 is 0 Å². The summed E-state index contributed by atoms with van der Waals surface area (Å²) in [6, 6.07) is 0. The molecule has 0 unspecified atom stereocenters. The molecular formula is C8H13N. The lowest BCUT2D eigenvalue weighted by atomic mass is 9.85. The van der Waals surface area contributed by atoms with E-state index in [2.05, 4.69) is 24.7 Å². The van der Waals surface area contributed by atoms with Crippen molar-refractivity contribution >= 4 is 0 Å². The van der Waals surface area contributed by atoms with Crippen molar-refractivity contribution in [2.75, 3.05) is 19.6 Å². The van der Waals surface area contributed by atoms with Gasteiger partial charge in [-0.3, -0.25) is 4.90 Å². The van der Waals surface area contributed by atoms with Crippen molar-refractivity contribution in [3.63, 3.8) is 0 Å². The van der Waals surface area contributed by atoms with Gasteiger partial charge in [-0.1, -0.05) is 19.8 Å². The van der Waals surface area contributed by atoms with Crippen LogP contribution in [0.5, 0.6) is 0 Å². The zero-order chi connectivity index (χ0) is 6.91. The van der Waals surface area contributed by atoms with Gasteiger partial charge in [0, 0.05) is 13.1 Å². The lowest BCUT2D eigenvalue weighted by Crippen LogP contribution is -2.52. The van der Waals surface area contributed by atoms with Crippen molar-refractivity contribution in [2.45, 2.75) is 13.8 Å². The molecule has 0 aliphatic carbocycles. The van der Waals surface area contributed by atoms with Crippen LogP contribution >= 0.6 is 0 Å². The Hall–Kier alpha value is -0.480. The maximum absolute atomic E-state index is 5.14. The molecule has 0 saturated carbocycles. The molecule has 1 aliphatic rings. The number of terminal acetylenes is 1. The molecule has 1 heteroatoms. The average Bonchev–Trinajstić information content (AvgIpc) is 1.62. The van der Waals surface area contributed by atoms with E-state index in [1.165, 1.54) is 0 Å². The predicted octanol–water partition coefficient (Wildman–Crippen LogP) is 0.961. The summed E-state index contributed by atoms with van der Waals surface area (Å²) in [5.74, 6) is 2.63. The molecular weight excluding hydrogens is 110 g/mol. The van der Waals surface area contributed by atoms with Crippen molar-refractivity contribution in [3.05, 3.63) is 0 Å². The Labute approximate surface area is 57.0 Å². The van der Waals surface area contributed by atoms with E-state index < -0.39 is 0 Å². The van der Waals surface area contributed by atoms with Gasteiger partial charge in [-0.15, -0.1) is 6.42 Å². The Morgan fingerprint density at radius 3 is 2.44 bits per heavy atom. The van der Waals surface area contributed by atoms with Gasteiger partial charge in [0.25, 0.3) is 0 Å². The first-order chi connectivity index (χ1) is 4.14. The number of nitrogens with zero attached hydrogens (tertiary/aromatic N) is 1. The van der Waals surface area contributed by atoms with Gasteiger partial charge in [0.05, 0.1) is 6.54 Å². The molecule has 1 aliphatic heterocycles. The van der Waals surface area contributed by atoms with Crippen LogP contribution in [0.25, 0.3) is 0 Å². The highest BCUT2D eigenvalue weighted by molar-refractivity contribution is 4.96. The molecule has 9 heavy (non-hydrogen) atoms. The Morgan fingerprint density at radius 1 is 1.56 bits per heavy atom. The highest BCUT2D eigenvalue weighted by atomic mass is 15.2. The first-order valence-electron chi connectivity index (χ1n) is 3.30. The van der Waals surface area contributed by atoms with E-state index in [9.17, 15) is 0 Å². The molecule has 0 radical (unpaired) electrons. The Bertz CT molecular complexity index is 133. The van der Waals surface area contributed by atoms with Crippen LogP contribution in [0.15, 0.2) is 0 Å². The second-order valence-corrected chi connectivity index (χ2v) is 3.51. The molecule has 0 aromatic heterocycles. The van der Waals surface area contributed by atoms with Gasteiger partial charge in [0.1, 0.15) is 0 Å². The zero-order valence-electron chi connectivity index (χ0n) is 6.15. The lowest BCUT2D eigenvalue weighted by Gasteiger charge is -2.44. The van der Waals surface area contributed by atoms with Crippen molar-refractivity contribution in [2.24, 2.45) is 5.41 Å². The molecule has 1 fully saturated rings. The topological polar surface area (TPSA) is 3.24 Å². The third-order valence-corrected chi connectivity index (χ3v) is 1.62. The van der Waals surface area contributed by atoms with Crippen molar-refractivity contribution in [3.8, 4) is 12.3 Å². The van der Waals surface area contributed by atoms with Crippen molar-refractivity contribution < 1.29 is 0 Å². The van der Waals surface area contributed by atoms with E-state index in [1.54, 1.807) is 0 Å². The minimum absolute atomic E-state index is 0.525. The van der Waals surface area contributed by atoms with Gasteiger partial charge in [-0.25, -0.2) is 0 Å². The molecule has 1 rings (SSSR count). The Morgan fingerprint density at radius 2 is 2.11 bits per heavy atom. The minimum atomic E-state index is 0.525. The molecule has 50 valence electrons. The van der Waals surface area contributed by atoms with Crippen molar-refractivity contribution in [1.82, 2.24) is 4.90 Å². The van der Waals surface area contributed by atoms with Crippen LogP contribution < -0.4 is 0 Å². The van der Waals surface area contributed by atoms with E-state index in [0.717, 1.165) is 19.6 Å². The van der Waals surface area contributed by atoms with Crippen LogP contribution in [0, 0.1) is 17.8 Å². The summed E-state index contributed by atoms with van der Waals surface area (Å²) < 4.78 is 0. The Kier molecular flexibility index (Phi) is 1.50. The second kappa shape index (κ2) is 2.04. The summed E-state index contributed by atoms with van der Waals surface area (Å²) in [7, 11) is 0. The molecule has 1 nitrogen and oxygen atoms in total. The average molecular weight is 123 g/mol. The van der Waals surface area contributed by atoms with E-state index in [4.69, 9.17) is 6.42 Å². The quantitative estimate of drug-likeness (QED) is 0.469. The third kappa shape index (κ3) is 1.46. The molecule has 1 saturated heterocycles. The maximum Gasteiger partial charge on any atom is 0.0599 e. The fourth-order valence-electron chi connectivity index (χ4n) is 1.41. The smallest absolute Gasteiger partial charge is 0.0599 e. The largest absolute Gasteiger partial charge is 0.291 e. The highest BCUT2D eigenvalue weighted by Gasteiger charge is 2.32. The molecule has 1 heterocycles. The van der Waals surface area contributed by atoms with E-state index in [1.807, 2.05) is 0 Å². The lowest BCUT2D eigenvalue weighted by molar-refractivity contribution is 0.0443. The SMILES string of the molecule is C#CCN1CC(C)(C)C1. The molecule has 0 spiro atoms. The van der Waals surface area contributed by atoms with Gasteiger partial charge in [-0.05, 0) is 5.41 Å². The fourth-order valence-corrected chi connectivity index (χ4v) is 1.41. The molecule has 0 bridgehead atoms. The molecule has 0 atom stereocenters. The van der Waals surface area contributed by atoms with Crippen LogP contribution in [-0.4, -0.2) is 24.5 Å². The Balaban J connectivity index is 2.21. The van der Waals surface area contributed by atoms with Gasteiger partial charge in [-0.2, -0.15) is 0 Å². The van der Waals surface area contributed by atoms with Crippen LogP contribution in [-0.2, 0) is 0 Å². The number of likely N-dealkylation sites (tertiary alicyclic amines) is 1. The van der Waals surface area contributed by atoms with Gasteiger partial charge >= 0.3 is 0 Å². The summed E-state index contributed by atoms with van der Waals surface area (Å²) in [5.41, 5.74) is 0.525. The first-order valence-corrected chi connectivity index (χ1v) is 3.30. The van der Waals surface area contributed by atoms with Gasteiger partial charge in [0.15, 0.2) is 0 Å². The van der Waals surface area contributed by atoms with Crippen LogP contribution in [0.2, 0.25) is 0 Å². The first kappa shape index (κ1) is 6.64. The minimum Gasteiger partial charge on any atom is -0.291 e.